The molecule has 4 rings (SSSR count). The number of nitrogens with one attached hydrogen (secondary N) is 1. The second-order valence-corrected chi connectivity index (χ2v) is 8.50. The molecule has 2 aromatic carbocycles. The highest BCUT2D eigenvalue weighted by Gasteiger charge is 2.30. The number of aromatic nitrogens is 1. The maximum absolute atomic E-state index is 13.0. The summed E-state index contributed by atoms with van der Waals surface area (Å²) in [7, 11) is -3.66. The number of anilines is 2. The third-order valence-corrected chi connectivity index (χ3v) is 6.63. The summed E-state index contributed by atoms with van der Waals surface area (Å²) in [4.78, 5) is 12.6. The van der Waals surface area contributed by atoms with E-state index in [1.54, 1.807) is 26.0 Å². The summed E-state index contributed by atoms with van der Waals surface area (Å²) in [5.41, 5.74) is 3.12. The number of rotatable bonds is 4. The molecule has 0 saturated carbocycles. The molecule has 0 saturated heterocycles. The van der Waals surface area contributed by atoms with Gasteiger partial charge in [-0.3, -0.25) is 9.10 Å². The zero-order chi connectivity index (χ0) is 19.9. The molecule has 1 aliphatic rings. The minimum atomic E-state index is -3.66. The second-order valence-electron chi connectivity index (χ2n) is 6.63. The number of amides is 1. The van der Waals surface area contributed by atoms with Crippen LogP contribution in [-0.2, 0) is 16.4 Å². The van der Waals surface area contributed by atoms with Crippen LogP contribution in [0.2, 0.25) is 0 Å². The zero-order valence-electron chi connectivity index (χ0n) is 15.5. The maximum Gasteiger partial charge on any atom is 0.264 e. The Morgan fingerprint density at radius 2 is 1.82 bits per heavy atom. The molecule has 0 radical (unpaired) electrons. The number of aryl methyl sites for hydroxylation is 2. The molecular weight excluding hydrogens is 378 g/mol. The largest absolute Gasteiger partial charge is 0.361 e. The molecule has 1 N–H and O–H groups in total. The first-order valence-corrected chi connectivity index (χ1v) is 10.3. The van der Waals surface area contributed by atoms with Gasteiger partial charge in [0.05, 0.1) is 16.3 Å². The molecule has 28 heavy (non-hydrogen) atoms. The van der Waals surface area contributed by atoms with E-state index in [9.17, 15) is 13.2 Å². The van der Waals surface area contributed by atoms with Gasteiger partial charge in [0.25, 0.3) is 15.9 Å². The van der Waals surface area contributed by atoms with Gasteiger partial charge in [0.2, 0.25) is 0 Å². The Labute approximate surface area is 163 Å². The third kappa shape index (κ3) is 3.05. The number of fused-ring (bicyclic) bond motifs is 1. The van der Waals surface area contributed by atoms with Crippen molar-refractivity contribution in [3.63, 3.8) is 0 Å². The van der Waals surface area contributed by atoms with Crippen LogP contribution >= 0.6 is 0 Å². The highest BCUT2D eigenvalue weighted by Crippen LogP contribution is 2.32. The van der Waals surface area contributed by atoms with Crippen LogP contribution in [0.4, 0.5) is 11.4 Å². The minimum Gasteiger partial charge on any atom is -0.361 e. The molecule has 0 fully saturated rings. The number of hydrogen-bond donors (Lipinski definition) is 1. The average molecular weight is 397 g/mol. The van der Waals surface area contributed by atoms with E-state index in [-0.39, 0.29) is 10.8 Å². The average Bonchev–Trinajstić information content (AvgIpc) is 3.25. The van der Waals surface area contributed by atoms with Crippen molar-refractivity contribution < 1.29 is 17.7 Å². The van der Waals surface area contributed by atoms with Crippen LogP contribution < -0.4 is 9.62 Å². The number of hydrogen-bond acceptors (Lipinski definition) is 5. The first kappa shape index (κ1) is 18.2. The molecule has 0 bridgehead atoms. The monoisotopic (exact) mass is 397 g/mol. The fourth-order valence-electron chi connectivity index (χ4n) is 3.40. The van der Waals surface area contributed by atoms with Crippen molar-refractivity contribution in [2.45, 2.75) is 25.2 Å². The SMILES string of the molecule is Cc1noc(C)c1C(=O)Nc1ccc(S(=O)(=O)N2CCc3ccccc32)cc1. The summed E-state index contributed by atoms with van der Waals surface area (Å²) in [6, 6.07) is 13.6. The topological polar surface area (TPSA) is 92.5 Å². The Bertz CT molecular complexity index is 1130. The van der Waals surface area contributed by atoms with E-state index in [1.165, 1.54) is 16.4 Å². The van der Waals surface area contributed by atoms with Gasteiger partial charge in [-0.15, -0.1) is 0 Å². The number of sulfonamides is 1. The number of para-hydroxylation sites is 1. The van der Waals surface area contributed by atoms with Gasteiger partial charge in [0.1, 0.15) is 11.3 Å². The molecule has 0 spiro atoms. The molecule has 1 aliphatic heterocycles. The number of carbonyl (C=O) groups excluding carboxylic acids is 1. The van der Waals surface area contributed by atoms with Gasteiger partial charge in [-0.25, -0.2) is 8.42 Å². The van der Waals surface area contributed by atoms with Crippen LogP contribution in [-0.4, -0.2) is 26.0 Å². The fraction of sp³-hybridized carbons (Fsp3) is 0.200. The lowest BCUT2D eigenvalue weighted by Gasteiger charge is -2.19. The predicted octanol–water partition coefficient (Wildman–Crippen LogP) is 3.30. The summed E-state index contributed by atoms with van der Waals surface area (Å²) in [6.07, 6.45) is 0.695. The van der Waals surface area contributed by atoms with Gasteiger partial charge < -0.3 is 9.84 Å². The highest BCUT2D eigenvalue weighted by molar-refractivity contribution is 7.92. The minimum absolute atomic E-state index is 0.180. The van der Waals surface area contributed by atoms with Crippen molar-refractivity contribution in [3.8, 4) is 0 Å². The van der Waals surface area contributed by atoms with Crippen LogP contribution in [0.3, 0.4) is 0 Å². The zero-order valence-corrected chi connectivity index (χ0v) is 16.3. The van der Waals surface area contributed by atoms with E-state index >= 15 is 0 Å². The van der Waals surface area contributed by atoms with Crippen molar-refractivity contribution in [1.82, 2.24) is 5.16 Å². The molecule has 8 heteroatoms. The first-order valence-electron chi connectivity index (χ1n) is 8.83. The maximum atomic E-state index is 13.0. The molecule has 0 atom stereocenters. The number of benzene rings is 2. The Morgan fingerprint density at radius 3 is 2.50 bits per heavy atom. The number of nitrogens with zero attached hydrogens (tertiary/aromatic N) is 2. The van der Waals surface area contributed by atoms with Gasteiger partial charge in [0, 0.05) is 12.2 Å². The lowest BCUT2D eigenvalue weighted by Crippen LogP contribution is -2.29. The summed E-state index contributed by atoms with van der Waals surface area (Å²) < 4.78 is 32.5. The Morgan fingerprint density at radius 1 is 1.11 bits per heavy atom. The van der Waals surface area contributed by atoms with Crippen LogP contribution in [0, 0.1) is 13.8 Å². The summed E-state index contributed by atoms with van der Waals surface area (Å²) in [5.74, 6) is 0.0854. The Kier molecular flexibility index (Phi) is 4.43. The van der Waals surface area contributed by atoms with Gasteiger partial charge in [-0.2, -0.15) is 0 Å². The summed E-state index contributed by atoms with van der Waals surface area (Å²) in [6.45, 7) is 3.78. The lowest BCUT2D eigenvalue weighted by atomic mass is 10.2. The van der Waals surface area contributed by atoms with Gasteiger partial charge >= 0.3 is 0 Å². The normalized spacial score (nSPS) is 13.4. The summed E-state index contributed by atoms with van der Waals surface area (Å²) in [5, 5.41) is 6.51. The van der Waals surface area contributed by atoms with Crippen molar-refractivity contribution in [1.29, 1.82) is 0 Å². The predicted molar refractivity (Wildman–Crippen MR) is 105 cm³/mol. The van der Waals surface area contributed by atoms with Crippen molar-refractivity contribution >= 4 is 27.3 Å². The molecular formula is C20H19N3O4S. The highest BCUT2D eigenvalue weighted by atomic mass is 32.2. The smallest absolute Gasteiger partial charge is 0.264 e. The standard InChI is InChI=1S/C20H19N3O4S/c1-13-19(14(2)27-22-13)20(24)21-16-7-9-17(10-8-16)28(25,26)23-12-11-15-5-3-4-6-18(15)23/h3-10H,11-12H2,1-2H3,(H,21,24). The number of carbonyl (C=O) groups is 1. The molecule has 0 unspecified atom stereocenters. The van der Waals surface area contributed by atoms with E-state index in [0.29, 0.717) is 35.7 Å². The van der Waals surface area contributed by atoms with E-state index < -0.39 is 10.0 Å². The van der Waals surface area contributed by atoms with Gasteiger partial charge in [0.15, 0.2) is 0 Å². The molecule has 1 aromatic heterocycles. The molecule has 2 heterocycles. The van der Waals surface area contributed by atoms with Crippen LogP contribution in [0.25, 0.3) is 0 Å². The third-order valence-electron chi connectivity index (χ3n) is 4.81. The molecule has 3 aromatic rings. The van der Waals surface area contributed by atoms with E-state index in [1.807, 2.05) is 24.3 Å². The molecule has 7 nitrogen and oxygen atoms in total. The quantitative estimate of drug-likeness (QED) is 0.729. The van der Waals surface area contributed by atoms with Crippen LogP contribution in [0.5, 0.6) is 0 Å². The van der Waals surface area contributed by atoms with Gasteiger partial charge in [-0.1, -0.05) is 23.4 Å². The molecule has 0 aliphatic carbocycles. The van der Waals surface area contributed by atoms with E-state index in [2.05, 4.69) is 10.5 Å². The van der Waals surface area contributed by atoms with Crippen molar-refractivity contribution in [3.05, 3.63) is 71.1 Å². The van der Waals surface area contributed by atoms with Crippen molar-refractivity contribution in [2.75, 3.05) is 16.2 Å². The summed E-state index contributed by atoms with van der Waals surface area (Å²) >= 11 is 0. The molecule has 144 valence electrons. The van der Waals surface area contributed by atoms with Crippen molar-refractivity contribution in [2.24, 2.45) is 0 Å². The Balaban J connectivity index is 1.56. The lowest BCUT2D eigenvalue weighted by molar-refractivity contribution is 0.102. The first-order chi connectivity index (χ1) is 13.4. The van der Waals surface area contributed by atoms with Crippen LogP contribution in [0.1, 0.15) is 27.4 Å². The fourth-order valence-corrected chi connectivity index (χ4v) is 4.90. The van der Waals surface area contributed by atoms with Gasteiger partial charge in [-0.05, 0) is 56.2 Å². The molecule has 1 amide bonds. The van der Waals surface area contributed by atoms with E-state index in [4.69, 9.17) is 4.52 Å². The second kappa shape index (κ2) is 6.79. The van der Waals surface area contributed by atoms with E-state index in [0.717, 1.165) is 11.3 Å². The van der Waals surface area contributed by atoms with Crippen LogP contribution in [0.15, 0.2) is 57.9 Å². The Hall–Kier alpha value is -3.13.